The number of hydrogen-bond acceptors (Lipinski definition) is 7. The largest absolute Gasteiger partial charge is 0.454 e. The Kier molecular flexibility index (Phi) is 5.72. The minimum Gasteiger partial charge on any atom is -0.454 e. The summed E-state index contributed by atoms with van der Waals surface area (Å²) in [6.45, 7) is 2.66. The molecule has 1 fully saturated rings. The number of guanidine groups is 1. The van der Waals surface area contributed by atoms with Gasteiger partial charge in [-0.15, -0.1) is 0 Å². The molecule has 2 aromatic heterocycles. The molecule has 0 saturated carbocycles. The smallest absolute Gasteiger partial charge is 0.231 e. The number of rotatable bonds is 5. The van der Waals surface area contributed by atoms with Crippen LogP contribution in [0.1, 0.15) is 19.3 Å². The molecule has 5 rings (SSSR count). The first kappa shape index (κ1) is 21.1. The molecule has 1 saturated heterocycles. The van der Waals surface area contributed by atoms with Gasteiger partial charge in [0, 0.05) is 29.0 Å². The molecule has 0 radical (unpaired) electrons. The number of piperidine rings is 1. The van der Waals surface area contributed by atoms with Crippen LogP contribution < -0.4 is 20.7 Å². The molecule has 12 heteroatoms. The summed E-state index contributed by atoms with van der Waals surface area (Å²) >= 11 is 5.05. The summed E-state index contributed by atoms with van der Waals surface area (Å²) in [5.41, 5.74) is 7.12. The predicted molar refractivity (Wildman–Crippen MR) is 123 cm³/mol. The third kappa shape index (κ3) is 4.16. The van der Waals surface area contributed by atoms with E-state index in [1.807, 2.05) is 21.6 Å². The molecule has 2 aliphatic heterocycles. The molecule has 32 heavy (non-hydrogen) atoms. The second kappa shape index (κ2) is 8.66. The summed E-state index contributed by atoms with van der Waals surface area (Å²) in [5.74, 6) is 2.16. The monoisotopic (exact) mass is 518 g/mol. The number of H-pyrrole nitrogens is 1. The second-order valence-electron chi connectivity index (χ2n) is 7.87. The van der Waals surface area contributed by atoms with E-state index >= 15 is 0 Å². The number of fused-ring (bicyclic) bond motifs is 2. The zero-order valence-electron chi connectivity index (χ0n) is 17.2. The van der Waals surface area contributed by atoms with Gasteiger partial charge in [-0.2, -0.15) is 0 Å². The van der Waals surface area contributed by atoms with E-state index in [1.165, 1.54) is 11.8 Å². The molecule has 0 aliphatic carbocycles. The summed E-state index contributed by atoms with van der Waals surface area (Å²) in [4.78, 5) is 15.1. The number of aromatic nitrogens is 4. The van der Waals surface area contributed by atoms with Crippen molar-refractivity contribution in [2.45, 2.75) is 35.9 Å². The molecule has 0 spiro atoms. The van der Waals surface area contributed by atoms with E-state index in [-0.39, 0.29) is 18.2 Å². The molecule has 0 amide bonds. The van der Waals surface area contributed by atoms with E-state index in [4.69, 9.17) is 31.0 Å². The van der Waals surface area contributed by atoms with Crippen LogP contribution in [0.4, 0.5) is 0 Å². The highest BCUT2D eigenvalue weighted by molar-refractivity contribution is 9.10. The van der Waals surface area contributed by atoms with Crippen LogP contribution >= 0.6 is 27.7 Å². The van der Waals surface area contributed by atoms with Gasteiger partial charge in [-0.3, -0.25) is 10.8 Å². The molecule has 0 bridgehead atoms. The maximum absolute atomic E-state index is 8.20. The molecular weight excluding hydrogens is 496 g/mol. The second-order valence-corrected chi connectivity index (χ2v) is 9.75. The number of aryl methyl sites for hydroxylation is 1. The minimum atomic E-state index is 0.158. The number of imidazole rings is 1. The Labute approximate surface area is 196 Å². The summed E-state index contributed by atoms with van der Waals surface area (Å²) in [5, 5.41) is 16.5. The van der Waals surface area contributed by atoms with Crippen molar-refractivity contribution >= 4 is 44.8 Å². The van der Waals surface area contributed by atoms with E-state index in [0.29, 0.717) is 22.3 Å². The van der Waals surface area contributed by atoms with Crippen LogP contribution in [0.3, 0.4) is 0 Å². The highest BCUT2D eigenvalue weighted by Crippen LogP contribution is 2.42. The molecule has 2 aliphatic rings. The standard InChI is InChI=1S/C20H23BrN8O2S/c21-12-7-13-14(31-10-30-13)8-15(12)32-20-26-16-17(22)25-9-29(18(16)27-20)6-3-11-1-4-28(5-2-11)19(23)24/h7-9,11,22H,1-6,10H2,(H3,23,24)(H,26,27). The van der Waals surface area contributed by atoms with Gasteiger partial charge in [0.1, 0.15) is 5.52 Å². The Balaban J connectivity index is 1.33. The van der Waals surface area contributed by atoms with Gasteiger partial charge in [-0.1, -0.05) is 11.8 Å². The minimum absolute atomic E-state index is 0.158. The molecule has 10 nitrogen and oxygen atoms in total. The van der Waals surface area contributed by atoms with Crippen molar-refractivity contribution in [1.82, 2.24) is 24.4 Å². The molecule has 168 valence electrons. The molecule has 3 aromatic rings. The van der Waals surface area contributed by atoms with Gasteiger partial charge in [0.2, 0.25) is 6.79 Å². The number of ether oxygens (including phenoxy) is 2. The van der Waals surface area contributed by atoms with Crippen LogP contribution in [-0.4, -0.2) is 50.3 Å². The van der Waals surface area contributed by atoms with Crippen LogP contribution in [0.15, 0.2) is 33.0 Å². The van der Waals surface area contributed by atoms with Crippen molar-refractivity contribution in [3.8, 4) is 11.5 Å². The van der Waals surface area contributed by atoms with Crippen molar-refractivity contribution in [2.75, 3.05) is 19.9 Å². The molecule has 4 heterocycles. The highest BCUT2D eigenvalue weighted by Gasteiger charge is 2.21. The van der Waals surface area contributed by atoms with Gasteiger partial charge in [-0.05, 0) is 53.2 Å². The van der Waals surface area contributed by atoms with Crippen LogP contribution in [0, 0.1) is 16.7 Å². The lowest BCUT2D eigenvalue weighted by Gasteiger charge is -2.32. The number of likely N-dealkylation sites (tertiary alicyclic amines) is 1. The quantitative estimate of drug-likeness (QED) is 0.300. The van der Waals surface area contributed by atoms with Crippen molar-refractivity contribution in [2.24, 2.45) is 11.7 Å². The van der Waals surface area contributed by atoms with E-state index < -0.39 is 0 Å². The lowest BCUT2D eigenvalue weighted by atomic mass is 9.93. The van der Waals surface area contributed by atoms with Crippen LogP contribution in [0.5, 0.6) is 11.5 Å². The Bertz CT molecular complexity index is 1230. The summed E-state index contributed by atoms with van der Waals surface area (Å²) in [6, 6.07) is 3.81. The third-order valence-electron chi connectivity index (χ3n) is 5.87. The maximum Gasteiger partial charge on any atom is 0.231 e. The number of benzene rings is 1. The predicted octanol–water partition coefficient (Wildman–Crippen LogP) is 2.88. The average molecular weight is 519 g/mol. The number of halogens is 1. The molecule has 1 aromatic carbocycles. The van der Waals surface area contributed by atoms with Gasteiger partial charge in [0.05, 0.1) is 6.33 Å². The Hall–Kier alpha value is -2.73. The van der Waals surface area contributed by atoms with Crippen molar-refractivity contribution in [1.29, 1.82) is 10.8 Å². The Morgan fingerprint density at radius 2 is 2.03 bits per heavy atom. The van der Waals surface area contributed by atoms with Crippen molar-refractivity contribution in [3.63, 3.8) is 0 Å². The Morgan fingerprint density at radius 1 is 1.28 bits per heavy atom. The topological polar surface area (TPSA) is 142 Å². The van der Waals surface area contributed by atoms with Crippen molar-refractivity contribution < 1.29 is 9.47 Å². The number of nitrogens with one attached hydrogen (secondary N) is 3. The summed E-state index contributed by atoms with van der Waals surface area (Å²) in [6.07, 6.45) is 4.73. The first-order chi connectivity index (χ1) is 15.5. The normalized spacial score (nSPS) is 16.1. The van der Waals surface area contributed by atoms with Gasteiger partial charge >= 0.3 is 0 Å². The average Bonchev–Trinajstić information content (AvgIpc) is 3.41. The highest BCUT2D eigenvalue weighted by atomic mass is 79.9. The fraction of sp³-hybridized carbons (Fsp3) is 0.400. The number of aromatic amines is 1. The van der Waals surface area contributed by atoms with E-state index in [9.17, 15) is 0 Å². The van der Waals surface area contributed by atoms with Gasteiger partial charge in [-0.25, -0.2) is 9.97 Å². The van der Waals surface area contributed by atoms with Crippen molar-refractivity contribution in [3.05, 3.63) is 28.4 Å². The first-order valence-electron chi connectivity index (χ1n) is 10.3. The number of nitrogens with zero attached hydrogens (tertiary/aromatic N) is 4. The van der Waals surface area contributed by atoms with Crippen LogP contribution in [0.2, 0.25) is 0 Å². The van der Waals surface area contributed by atoms with E-state index in [0.717, 1.165) is 59.7 Å². The maximum atomic E-state index is 8.20. The zero-order chi connectivity index (χ0) is 22.2. The fourth-order valence-corrected chi connectivity index (χ4v) is 5.42. The lowest BCUT2D eigenvalue weighted by molar-refractivity contribution is 0.174. The fourth-order valence-electron chi connectivity index (χ4n) is 4.04. The summed E-state index contributed by atoms with van der Waals surface area (Å²) < 4.78 is 13.8. The summed E-state index contributed by atoms with van der Waals surface area (Å²) in [7, 11) is 0. The SMILES string of the molecule is N=C(N)N1CCC(CCn2cnc(=N)c3[nH]c(Sc4cc5c(cc4Br)OCO5)nc32)CC1. The number of nitrogens with two attached hydrogens (primary N) is 1. The molecule has 5 N–H and O–H groups in total. The molecule has 0 atom stereocenters. The zero-order valence-corrected chi connectivity index (χ0v) is 19.6. The van der Waals surface area contributed by atoms with Crippen LogP contribution in [0.25, 0.3) is 11.2 Å². The van der Waals surface area contributed by atoms with Gasteiger partial charge in [0.15, 0.2) is 33.7 Å². The van der Waals surface area contributed by atoms with E-state index in [2.05, 4.69) is 25.9 Å². The first-order valence-corrected chi connectivity index (χ1v) is 11.9. The van der Waals surface area contributed by atoms with Crippen LogP contribution in [-0.2, 0) is 6.54 Å². The number of hydrogen-bond donors (Lipinski definition) is 4. The Morgan fingerprint density at radius 3 is 2.78 bits per heavy atom. The molecule has 0 unspecified atom stereocenters. The molecular formula is C20H23BrN8O2S. The third-order valence-corrected chi connectivity index (χ3v) is 7.73. The van der Waals surface area contributed by atoms with Gasteiger partial charge < -0.3 is 29.7 Å². The van der Waals surface area contributed by atoms with E-state index in [1.54, 1.807) is 6.33 Å². The van der Waals surface area contributed by atoms with Gasteiger partial charge in [0.25, 0.3) is 0 Å². The lowest BCUT2D eigenvalue weighted by Crippen LogP contribution is -2.42.